The van der Waals surface area contributed by atoms with Crippen LogP contribution in [0.4, 0.5) is 11.4 Å². The largest absolute Gasteiger partial charge is 0.485 e. The van der Waals surface area contributed by atoms with E-state index < -0.39 is 0 Å². The van der Waals surface area contributed by atoms with Crippen molar-refractivity contribution in [3.05, 3.63) is 75.9 Å². The summed E-state index contributed by atoms with van der Waals surface area (Å²) < 4.78 is 10.7. The van der Waals surface area contributed by atoms with E-state index in [1.54, 1.807) is 54.3 Å². The van der Waals surface area contributed by atoms with Crippen molar-refractivity contribution in [2.75, 3.05) is 31.1 Å². The molecule has 0 saturated carbocycles. The number of nitro groups is 1. The molecule has 4 rings (SSSR count). The van der Waals surface area contributed by atoms with E-state index in [4.69, 9.17) is 9.26 Å². The first-order chi connectivity index (χ1) is 15.0. The summed E-state index contributed by atoms with van der Waals surface area (Å²) in [6.45, 7) is 3.68. The van der Waals surface area contributed by atoms with Crippen molar-refractivity contribution in [1.29, 1.82) is 0 Å². The number of nitrogens with zero attached hydrogens (tertiary/aromatic N) is 5. The molecule has 31 heavy (non-hydrogen) atoms. The van der Waals surface area contributed by atoms with Crippen LogP contribution in [0.1, 0.15) is 22.1 Å². The molecule has 0 aliphatic carbocycles. The predicted octanol–water partition coefficient (Wildman–Crippen LogP) is 2.83. The molecule has 0 atom stereocenters. The fourth-order valence-corrected chi connectivity index (χ4v) is 3.52. The molecule has 10 heteroatoms. The fourth-order valence-electron chi connectivity index (χ4n) is 3.52. The second-order valence-corrected chi connectivity index (χ2v) is 7.04. The van der Waals surface area contributed by atoms with Crippen LogP contribution in [0, 0.1) is 17.0 Å². The number of hydrogen-bond acceptors (Lipinski definition) is 8. The molecule has 10 nitrogen and oxygen atoms in total. The molecule has 3 aromatic rings. The Balaban J connectivity index is 1.43. The first-order valence-electron chi connectivity index (χ1n) is 9.81. The lowest BCUT2D eigenvalue weighted by Crippen LogP contribution is -2.49. The number of para-hydroxylation sites is 3. The number of aryl methyl sites for hydroxylation is 1. The number of carbonyl (C=O) groups excluding carboxylic acids is 1. The van der Waals surface area contributed by atoms with E-state index in [-0.39, 0.29) is 23.1 Å². The second kappa shape index (κ2) is 8.82. The van der Waals surface area contributed by atoms with Crippen LogP contribution in [0.2, 0.25) is 0 Å². The molecule has 0 unspecified atom stereocenters. The van der Waals surface area contributed by atoms with E-state index in [2.05, 4.69) is 10.1 Å². The first-order valence-corrected chi connectivity index (χ1v) is 9.81. The van der Waals surface area contributed by atoms with Gasteiger partial charge in [-0.05, 0) is 18.2 Å². The van der Waals surface area contributed by atoms with Crippen molar-refractivity contribution >= 4 is 17.3 Å². The summed E-state index contributed by atoms with van der Waals surface area (Å²) in [6, 6.07) is 13.7. The van der Waals surface area contributed by atoms with Crippen molar-refractivity contribution in [2.24, 2.45) is 0 Å². The Morgan fingerprint density at radius 3 is 2.55 bits per heavy atom. The van der Waals surface area contributed by atoms with Crippen LogP contribution in [-0.4, -0.2) is 52.1 Å². The van der Waals surface area contributed by atoms with Gasteiger partial charge in [0.2, 0.25) is 11.7 Å². The molecule has 1 saturated heterocycles. The monoisotopic (exact) mass is 423 g/mol. The van der Waals surface area contributed by atoms with E-state index in [0.717, 1.165) is 0 Å². The number of benzene rings is 2. The summed E-state index contributed by atoms with van der Waals surface area (Å²) in [5.41, 5.74) is 1.08. The highest BCUT2D eigenvalue weighted by atomic mass is 16.6. The molecule has 2 aromatic carbocycles. The van der Waals surface area contributed by atoms with E-state index in [1.165, 1.54) is 6.07 Å². The number of carbonyl (C=O) groups is 1. The van der Waals surface area contributed by atoms with Crippen LogP contribution in [-0.2, 0) is 6.61 Å². The van der Waals surface area contributed by atoms with Crippen LogP contribution in [0.5, 0.6) is 5.75 Å². The summed E-state index contributed by atoms with van der Waals surface area (Å²) in [5.74, 6) is 1.13. The van der Waals surface area contributed by atoms with Crippen LogP contribution >= 0.6 is 0 Å². The van der Waals surface area contributed by atoms with Gasteiger partial charge in [-0.3, -0.25) is 14.9 Å². The second-order valence-electron chi connectivity index (χ2n) is 7.04. The maximum Gasteiger partial charge on any atom is 0.292 e. The van der Waals surface area contributed by atoms with Gasteiger partial charge in [0.05, 0.1) is 10.5 Å². The zero-order valence-corrected chi connectivity index (χ0v) is 16.9. The Hall–Kier alpha value is -3.95. The lowest BCUT2D eigenvalue weighted by Gasteiger charge is -2.36. The van der Waals surface area contributed by atoms with Crippen LogP contribution in [0.15, 0.2) is 53.1 Å². The Labute approximate surface area is 178 Å². The van der Waals surface area contributed by atoms with Gasteiger partial charge >= 0.3 is 0 Å². The minimum absolute atomic E-state index is 0.0673. The Kier molecular flexibility index (Phi) is 5.78. The fraction of sp³-hybridized carbons (Fsp3) is 0.286. The minimum Gasteiger partial charge on any atom is -0.485 e. The van der Waals surface area contributed by atoms with Crippen molar-refractivity contribution in [2.45, 2.75) is 13.5 Å². The number of ether oxygens (including phenoxy) is 1. The Bertz CT molecular complexity index is 1090. The van der Waals surface area contributed by atoms with E-state index in [1.807, 2.05) is 4.90 Å². The molecular weight excluding hydrogens is 402 g/mol. The number of aromatic nitrogens is 2. The summed E-state index contributed by atoms with van der Waals surface area (Å²) >= 11 is 0. The Morgan fingerprint density at radius 2 is 1.84 bits per heavy atom. The van der Waals surface area contributed by atoms with Gasteiger partial charge in [-0.2, -0.15) is 4.98 Å². The maximum atomic E-state index is 13.1. The molecule has 0 spiro atoms. The summed E-state index contributed by atoms with van der Waals surface area (Å²) in [4.78, 5) is 31.8. The van der Waals surface area contributed by atoms with Crippen LogP contribution < -0.4 is 9.64 Å². The summed E-state index contributed by atoms with van der Waals surface area (Å²) in [7, 11) is 0. The predicted molar refractivity (Wildman–Crippen MR) is 111 cm³/mol. The SMILES string of the molecule is Cc1nc(COc2ccccc2C(=O)N2CCN(c3ccccc3[N+](=O)[O-])CC2)no1. The van der Waals surface area contributed by atoms with E-state index >= 15 is 0 Å². The normalized spacial score (nSPS) is 13.8. The standard InChI is InChI=1S/C21H21N5O5/c1-15-22-20(23-31-15)14-30-19-9-5-2-6-16(19)21(27)25-12-10-24(11-13-25)17-7-3-4-8-18(17)26(28)29/h2-9H,10-14H2,1H3. The number of amides is 1. The van der Waals surface area contributed by atoms with E-state index in [0.29, 0.717) is 54.9 Å². The molecule has 0 N–H and O–H groups in total. The first kappa shape index (κ1) is 20.3. The third kappa shape index (κ3) is 4.47. The topological polar surface area (TPSA) is 115 Å². The molecule has 160 valence electrons. The Morgan fingerprint density at radius 1 is 1.13 bits per heavy atom. The third-order valence-corrected chi connectivity index (χ3v) is 5.03. The van der Waals surface area contributed by atoms with Gasteiger partial charge in [0.1, 0.15) is 11.4 Å². The average molecular weight is 423 g/mol. The minimum atomic E-state index is -0.383. The van der Waals surface area contributed by atoms with Gasteiger partial charge in [0, 0.05) is 39.2 Å². The van der Waals surface area contributed by atoms with Gasteiger partial charge in [-0.25, -0.2) is 0 Å². The number of piperazine rings is 1. The van der Waals surface area contributed by atoms with Crippen LogP contribution in [0.3, 0.4) is 0 Å². The number of anilines is 1. The highest BCUT2D eigenvalue weighted by Crippen LogP contribution is 2.29. The number of nitro benzene ring substituents is 1. The van der Waals surface area contributed by atoms with Crippen molar-refractivity contribution < 1.29 is 19.0 Å². The highest BCUT2D eigenvalue weighted by Gasteiger charge is 2.27. The van der Waals surface area contributed by atoms with Crippen LogP contribution in [0.25, 0.3) is 0 Å². The van der Waals surface area contributed by atoms with Gasteiger partial charge in [0.15, 0.2) is 6.61 Å². The smallest absolute Gasteiger partial charge is 0.292 e. The number of rotatable bonds is 6. The molecule has 0 bridgehead atoms. The molecule has 0 radical (unpaired) electrons. The summed E-state index contributed by atoms with van der Waals surface area (Å²) in [6.07, 6.45) is 0. The van der Waals surface area contributed by atoms with Crippen molar-refractivity contribution in [3.63, 3.8) is 0 Å². The maximum absolute atomic E-state index is 13.1. The molecular formula is C21H21N5O5. The lowest BCUT2D eigenvalue weighted by atomic mass is 10.1. The zero-order chi connectivity index (χ0) is 21.8. The zero-order valence-electron chi connectivity index (χ0n) is 16.9. The lowest BCUT2D eigenvalue weighted by molar-refractivity contribution is -0.384. The molecule has 1 fully saturated rings. The molecule has 1 aliphatic rings. The van der Waals surface area contributed by atoms with Gasteiger partial charge in [-0.15, -0.1) is 0 Å². The van der Waals surface area contributed by atoms with Gasteiger partial charge in [0.25, 0.3) is 11.6 Å². The highest BCUT2D eigenvalue weighted by molar-refractivity contribution is 5.97. The quantitative estimate of drug-likeness (QED) is 0.439. The molecule has 2 heterocycles. The van der Waals surface area contributed by atoms with E-state index in [9.17, 15) is 14.9 Å². The van der Waals surface area contributed by atoms with Gasteiger partial charge < -0.3 is 19.1 Å². The number of hydrogen-bond donors (Lipinski definition) is 0. The molecule has 1 aromatic heterocycles. The van der Waals surface area contributed by atoms with Gasteiger partial charge in [-0.1, -0.05) is 29.4 Å². The average Bonchev–Trinajstić information content (AvgIpc) is 3.22. The summed E-state index contributed by atoms with van der Waals surface area (Å²) in [5, 5.41) is 15.1. The molecule has 1 aliphatic heterocycles. The molecule has 1 amide bonds. The van der Waals surface area contributed by atoms with Crippen molar-refractivity contribution in [3.8, 4) is 5.75 Å². The third-order valence-electron chi connectivity index (χ3n) is 5.03. The van der Waals surface area contributed by atoms with Crippen molar-refractivity contribution in [1.82, 2.24) is 15.0 Å².